The van der Waals surface area contributed by atoms with Gasteiger partial charge in [0, 0.05) is 35.1 Å². The molecule has 2 aromatic heterocycles. The zero-order valence-electron chi connectivity index (χ0n) is 15.3. The van der Waals surface area contributed by atoms with Gasteiger partial charge >= 0.3 is 0 Å². The molecule has 2 aromatic carbocycles. The number of aromatic nitrogens is 2. The average Bonchev–Trinajstić information content (AvgIpc) is 3.21. The van der Waals surface area contributed by atoms with Gasteiger partial charge in [0.2, 0.25) is 0 Å². The molecule has 0 aliphatic rings. The third-order valence-corrected chi connectivity index (χ3v) is 4.59. The Labute approximate surface area is 161 Å². The maximum absolute atomic E-state index is 13.8. The Bertz CT molecular complexity index is 1220. The van der Waals surface area contributed by atoms with E-state index in [4.69, 9.17) is 9.47 Å². The van der Waals surface area contributed by atoms with E-state index in [1.165, 1.54) is 18.3 Å². The topological polar surface area (TPSA) is 60.1 Å². The van der Waals surface area contributed by atoms with Crippen molar-refractivity contribution in [1.82, 2.24) is 9.55 Å². The number of ether oxygens (including phenoxy) is 2. The molecule has 0 unspecified atom stereocenters. The normalized spacial score (nSPS) is 10.6. The van der Waals surface area contributed by atoms with Gasteiger partial charge in [-0.3, -0.25) is 4.98 Å². The van der Waals surface area contributed by atoms with Crippen LogP contribution in [0.5, 0.6) is 11.5 Å². The SMILES string of the molecule is COc1cc2ncc(C#N)c(-c3cccn3-c3cccc(F)c3)c2cc1OC. The van der Waals surface area contributed by atoms with E-state index in [-0.39, 0.29) is 5.82 Å². The van der Waals surface area contributed by atoms with Gasteiger partial charge in [0.25, 0.3) is 0 Å². The molecule has 0 bridgehead atoms. The van der Waals surface area contributed by atoms with Crippen molar-refractivity contribution in [2.45, 2.75) is 0 Å². The standard InChI is InChI=1S/C22H16FN3O2/c1-27-20-10-17-18(11-21(20)28-2)25-13-14(12-24)22(17)19-7-4-8-26(19)16-6-3-5-15(23)9-16/h3-11,13H,1-2H3. The fourth-order valence-electron chi connectivity index (χ4n) is 3.32. The highest BCUT2D eigenvalue weighted by molar-refractivity contribution is 5.98. The molecule has 4 aromatic rings. The van der Waals surface area contributed by atoms with Gasteiger partial charge in [0.05, 0.1) is 31.0 Å². The summed E-state index contributed by atoms with van der Waals surface area (Å²) in [6.45, 7) is 0. The molecule has 0 N–H and O–H groups in total. The molecule has 0 saturated heterocycles. The Morgan fingerprint density at radius 2 is 1.82 bits per heavy atom. The van der Waals surface area contributed by atoms with Crippen molar-refractivity contribution in [3.05, 3.63) is 72.3 Å². The van der Waals surface area contributed by atoms with Gasteiger partial charge in [-0.25, -0.2) is 4.39 Å². The fourth-order valence-corrected chi connectivity index (χ4v) is 3.32. The molecule has 6 heteroatoms. The van der Waals surface area contributed by atoms with E-state index in [0.717, 1.165) is 11.1 Å². The number of rotatable bonds is 4. The number of nitriles is 1. The van der Waals surface area contributed by atoms with Crippen molar-refractivity contribution in [2.75, 3.05) is 14.2 Å². The van der Waals surface area contributed by atoms with Gasteiger partial charge in [0.15, 0.2) is 11.5 Å². The van der Waals surface area contributed by atoms with Gasteiger partial charge < -0.3 is 14.0 Å². The van der Waals surface area contributed by atoms with Crippen LogP contribution in [-0.4, -0.2) is 23.8 Å². The van der Waals surface area contributed by atoms with Crippen LogP contribution in [0.25, 0.3) is 27.8 Å². The van der Waals surface area contributed by atoms with Crippen LogP contribution >= 0.6 is 0 Å². The number of methoxy groups -OCH3 is 2. The minimum absolute atomic E-state index is 0.330. The largest absolute Gasteiger partial charge is 0.493 e. The quantitative estimate of drug-likeness (QED) is 0.519. The van der Waals surface area contributed by atoms with Crippen molar-refractivity contribution in [3.8, 4) is 34.5 Å². The molecular weight excluding hydrogens is 357 g/mol. The number of hydrogen-bond donors (Lipinski definition) is 0. The zero-order chi connectivity index (χ0) is 19.7. The Morgan fingerprint density at radius 1 is 1.04 bits per heavy atom. The van der Waals surface area contributed by atoms with Crippen molar-refractivity contribution in [1.29, 1.82) is 5.26 Å². The number of hydrogen-bond acceptors (Lipinski definition) is 4. The highest BCUT2D eigenvalue weighted by Gasteiger charge is 2.18. The monoisotopic (exact) mass is 373 g/mol. The first-order valence-corrected chi connectivity index (χ1v) is 8.54. The molecule has 28 heavy (non-hydrogen) atoms. The lowest BCUT2D eigenvalue weighted by atomic mass is 10.0. The molecule has 0 aliphatic carbocycles. The first-order chi connectivity index (χ1) is 13.7. The van der Waals surface area contributed by atoms with Crippen LogP contribution in [0.3, 0.4) is 0 Å². The smallest absolute Gasteiger partial charge is 0.162 e. The van der Waals surface area contributed by atoms with Crippen LogP contribution in [0.1, 0.15) is 5.56 Å². The zero-order valence-corrected chi connectivity index (χ0v) is 15.3. The van der Waals surface area contributed by atoms with E-state index in [9.17, 15) is 9.65 Å². The molecule has 0 fully saturated rings. The highest BCUT2D eigenvalue weighted by Crippen LogP contribution is 2.38. The number of nitrogens with zero attached hydrogens (tertiary/aromatic N) is 3. The molecule has 0 radical (unpaired) electrons. The number of benzene rings is 2. The maximum atomic E-state index is 13.8. The summed E-state index contributed by atoms with van der Waals surface area (Å²) in [6, 6.07) is 15.8. The van der Waals surface area contributed by atoms with E-state index in [1.807, 2.05) is 29.0 Å². The van der Waals surface area contributed by atoms with Crippen LogP contribution in [0.15, 0.2) is 60.9 Å². The summed E-state index contributed by atoms with van der Waals surface area (Å²) in [4.78, 5) is 4.40. The van der Waals surface area contributed by atoms with Crippen molar-refractivity contribution < 1.29 is 13.9 Å². The highest BCUT2D eigenvalue weighted by atomic mass is 19.1. The van der Waals surface area contributed by atoms with E-state index >= 15 is 0 Å². The summed E-state index contributed by atoms with van der Waals surface area (Å²) in [7, 11) is 3.11. The number of halogens is 1. The molecule has 0 saturated carbocycles. The molecule has 0 atom stereocenters. The predicted molar refractivity (Wildman–Crippen MR) is 104 cm³/mol. The summed E-state index contributed by atoms with van der Waals surface area (Å²) >= 11 is 0. The van der Waals surface area contributed by atoms with Crippen molar-refractivity contribution >= 4 is 10.9 Å². The van der Waals surface area contributed by atoms with Gasteiger partial charge in [-0.15, -0.1) is 0 Å². The third kappa shape index (κ3) is 2.83. The molecule has 0 aliphatic heterocycles. The molecule has 0 amide bonds. The van der Waals surface area contributed by atoms with Crippen molar-refractivity contribution in [2.24, 2.45) is 0 Å². The van der Waals surface area contributed by atoms with E-state index in [0.29, 0.717) is 33.8 Å². The van der Waals surface area contributed by atoms with Gasteiger partial charge in [-0.05, 0) is 36.4 Å². The van der Waals surface area contributed by atoms with Gasteiger partial charge in [-0.2, -0.15) is 5.26 Å². The second-order valence-corrected chi connectivity index (χ2v) is 6.13. The minimum Gasteiger partial charge on any atom is -0.493 e. The maximum Gasteiger partial charge on any atom is 0.162 e. The Morgan fingerprint density at radius 3 is 2.54 bits per heavy atom. The second-order valence-electron chi connectivity index (χ2n) is 6.13. The Balaban J connectivity index is 2.04. The summed E-state index contributed by atoms with van der Waals surface area (Å²) < 4.78 is 26.4. The van der Waals surface area contributed by atoms with E-state index in [2.05, 4.69) is 11.1 Å². The van der Waals surface area contributed by atoms with Crippen molar-refractivity contribution in [3.63, 3.8) is 0 Å². The van der Waals surface area contributed by atoms with Crippen LogP contribution in [0, 0.1) is 17.1 Å². The van der Waals surface area contributed by atoms with Crippen LogP contribution in [0.4, 0.5) is 4.39 Å². The first-order valence-electron chi connectivity index (χ1n) is 8.54. The lowest BCUT2D eigenvalue weighted by molar-refractivity contribution is 0.356. The number of fused-ring (bicyclic) bond motifs is 1. The summed E-state index contributed by atoms with van der Waals surface area (Å²) in [5.74, 6) is 0.763. The second kappa shape index (κ2) is 7.05. The van der Waals surface area contributed by atoms with Gasteiger partial charge in [0.1, 0.15) is 11.9 Å². The molecule has 4 rings (SSSR count). The van der Waals surface area contributed by atoms with E-state index < -0.39 is 0 Å². The predicted octanol–water partition coefficient (Wildman–Crippen LogP) is 4.72. The molecular formula is C22H16FN3O2. The van der Waals surface area contributed by atoms with Crippen LogP contribution in [0.2, 0.25) is 0 Å². The summed E-state index contributed by atoms with van der Waals surface area (Å²) in [5.41, 5.74) is 3.19. The molecule has 2 heterocycles. The summed E-state index contributed by atoms with van der Waals surface area (Å²) in [5, 5.41) is 10.4. The minimum atomic E-state index is -0.330. The number of pyridine rings is 1. The van der Waals surface area contributed by atoms with Crippen LogP contribution in [-0.2, 0) is 0 Å². The van der Waals surface area contributed by atoms with Gasteiger partial charge in [-0.1, -0.05) is 6.07 Å². The lowest BCUT2D eigenvalue weighted by Gasteiger charge is -2.15. The molecule has 5 nitrogen and oxygen atoms in total. The van der Waals surface area contributed by atoms with Crippen LogP contribution < -0.4 is 9.47 Å². The average molecular weight is 373 g/mol. The lowest BCUT2D eigenvalue weighted by Crippen LogP contribution is -2.00. The molecule has 0 spiro atoms. The van der Waals surface area contributed by atoms with E-state index in [1.54, 1.807) is 32.4 Å². The third-order valence-electron chi connectivity index (χ3n) is 4.59. The molecule has 138 valence electrons. The first kappa shape index (κ1) is 17.6. The summed E-state index contributed by atoms with van der Waals surface area (Å²) in [6.07, 6.45) is 3.37. The Kier molecular flexibility index (Phi) is 4.42. The fraction of sp³-hybridized carbons (Fsp3) is 0.0909. The Hall–Kier alpha value is -3.85.